The summed E-state index contributed by atoms with van der Waals surface area (Å²) in [5.74, 6) is -0.656. The zero-order chi connectivity index (χ0) is 23.1. The van der Waals surface area contributed by atoms with Crippen molar-refractivity contribution in [3.63, 3.8) is 0 Å². The van der Waals surface area contributed by atoms with Gasteiger partial charge in [0.2, 0.25) is 0 Å². The summed E-state index contributed by atoms with van der Waals surface area (Å²) in [4.78, 5) is 42.2. The molecule has 0 aromatic carbocycles. The van der Waals surface area contributed by atoms with E-state index in [0.29, 0.717) is 55.4 Å². The highest BCUT2D eigenvalue weighted by atomic mass is 16.5. The molecular formula is C22H36N4O5. The Bertz CT molecular complexity index is 796. The van der Waals surface area contributed by atoms with E-state index in [-0.39, 0.29) is 24.4 Å². The molecule has 1 aromatic heterocycles. The summed E-state index contributed by atoms with van der Waals surface area (Å²) >= 11 is 0. The lowest BCUT2D eigenvalue weighted by atomic mass is 10.1. The molecular weight excluding hydrogens is 400 g/mol. The standard InChI is InChI=1S/C22H36N4O5/c1-7-26-17(5)19(16(4)20(26)21(28)30-6)18(27)14-25(22(29)23-15(2)3)9-8-24-10-12-31-13-11-24/h15H,7-14H2,1-6H3,(H,23,29). The number of methoxy groups -OCH3 is 1. The van der Waals surface area contributed by atoms with Gasteiger partial charge in [-0.05, 0) is 40.2 Å². The molecule has 31 heavy (non-hydrogen) atoms. The number of morpholine rings is 1. The van der Waals surface area contributed by atoms with Gasteiger partial charge in [-0.25, -0.2) is 9.59 Å². The molecule has 1 aromatic rings. The number of carbonyl (C=O) groups is 3. The summed E-state index contributed by atoms with van der Waals surface area (Å²) in [6, 6.07) is -0.306. The second-order valence-corrected chi connectivity index (χ2v) is 8.07. The van der Waals surface area contributed by atoms with Gasteiger partial charge >= 0.3 is 12.0 Å². The van der Waals surface area contributed by atoms with Crippen molar-refractivity contribution >= 4 is 17.8 Å². The van der Waals surface area contributed by atoms with Crippen LogP contribution in [0.4, 0.5) is 4.79 Å². The number of Topliss-reactive ketones (excluding diaryl/α,β-unsaturated/α-hetero) is 1. The third kappa shape index (κ3) is 6.07. The molecule has 0 spiro atoms. The number of hydrogen-bond donors (Lipinski definition) is 1. The molecule has 0 atom stereocenters. The van der Waals surface area contributed by atoms with Crippen molar-refractivity contribution < 1.29 is 23.9 Å². The molecule has 1 N–H and O–H groups in total. The fourth-order valence-corrected chi connectivity index (χ4v) is 3.99. The topological polar surface area (TPSA) is 93.1 Å². The normalized spacial score (nSPS) is 14.5. The van der Waals surface area contributed by atoms with Gasteiger partial charge in [-0.2, -0.15) is 0 Å². The minimum absolute atomic E-state index is 0.0379. The lowest BCUT2D eigenvalue weighted by Gasteiger charge is -2.30. The molecule has 0 unspecified atom stereocenters. The van der Waals surface area contributed by atoms with Gasteiger partial charge < -0.3 is 24.3 Å². The molecule has 1 aliphatic rings. The summed E-state index contributed by atoms with van der Waals surface area (Å²) in [7, 11) is 1.33. The SMILES string of the molecule is CCn1c(C)c(C(=O)CN(CCN2CCOCC2)C(=O)NC(C)C)c(C)c1C(=O)OC. The predicted molar refractivity (Wildman–Crippen MR) is 118 cm³/mol. The maximum absolute atomic E-state index is 13.3. The molecule has 174 valence electrons. The number of nitrogens with one attached hydrogen (secondary N) is 1. The van der Waals surface area contributed by atoms with E-state index in [4.69, 9.17) is 9.47 Å². The van der Waals surface area contributed by atoms with Crippen molar-refractivity contribution in [1.82, 2.24) is 19.7 Å². The maximum Gasteiger partial charge on any atom is 0.354 e. The smallest absolute Gasteiger partial charge is 0.354 e. The highest BCUT2D eigenvalue weighted by molar-refractivity contribution is 6.04. The number of rotatable bonds is 9. The average molecular weight is 437 g/mol. The molecule has 2 amide bonds. The van der Waals surface area contributed by atoms with Crippen LogP contribution < -0.4 is 5.32 Å². The number of nitrogens with zero attached hydrogens (tertiary/aromatic N) is 3. The van der Waals surface area contributed by atoms with Crippen LogP contribution in [0, 0.1) is 13.8 Å². The van der Waals surface area contributed by atoms with E-state index >= 15 is 0 Å². The maximum atomic E-state index is 13.3. The first-order chi connectivity index (χ1) is 14.7. The summed E-state index contributed by atoms with van der Waals surface area (Å²) in [6.45, 7) is 13.8. The summed E-state index contributed by atoms with van der Waals surface area (Å²) < 4.78 is 12.1. The van der Waals surface area contributed by atoms with Gasteiger partial charge in [0.1, 0.15) is 5.69 Å². The highest BCUT2D eigenvalue weighted by Crippen LogP contribution is 2.24. The van der Waals surface area contributed by atoms with E-state index in [1.165, 1.54) is 7.11 Å². The molecule has 0 radical (unpaired) electrons. The van der Waals surface area contributed by atoms with E-state index in [1.54, 1.807) is 16.4 Å². The molecule has 1 saturated heterocycles. The van der Waals surface area contributed by atoms with Gasteiger partial charge in [0, 0.05) is 50.0 Å². The third-order valence-electron chi connectivity index (χ3n) is 5.56. The van der Waals surface area contributed by atoms with Crippen LogP contribution >= 0.6 is 0 Å². The summed E-state index contributed by atoms with van der Waals surface area (Å²) in [5, 5.41) is 2.88. The van der Waals surface area contributed by atoms with Crippen LogP contribution in [-0.2, 0) is 16.0 Å². The largest absolute Gasteiger partial charge is 0.464 e. The molecule has 9 nitrogen and oxygen atoms in total. The Hall–Kier alpha value is -2.39. The first-order valence-electron chi connectivity index (χ1n) is 10.9. The van der Waals surface area contributed by atoms with E-state index in [2.05, 4.69) is 10.2 Å². The lowest BCUT2D eigenvalue weighted by Crippen LogP contribution is -2.49. The van der Waals surface area contributed by atoms with E-state index < -0.39 is 5.97 Å². The zero-order valence-corrected chi connectivity index (χ0v) is 19.6. The van der Waals surface area contributed by atoms with Crippen molar-refractivity contribution in [2.75, 3.05) is 53.0 Å². The summed E-state index contributed by atoms with van der Waals surface area (Å²) in [5.41, 5.74) is 2.17. The molecule has 0 saturated carbocycles. The Kier molecular flexibility index (Phi) is 9.06. The third-order valence-corrected chi connectivity index (χ3v) is 5.56. The zero-order valence-electron chi connectivity index (χ0n) is 19.6. The minimum atomic E-state index is -0.469. The van der Waals surface area contributed by atoms with Crippen LogP contribution in [0.1, 0.15) is 52.9 Å². The molecule has 2 rings (SSSR count). The fourth-order valence-electron chi connectivity index (χ4n) is 3.99. The van der Waals surface area contributed by atoms with Gasteiger partial charge in [-0.1, -0.05) is 0 Å². The molecule has 1 aliphatic heterocycles. The minimum Gasteiger partial charge on any atom is -0.464 e. The van der Waals surface area contributed by atoms with E-state index in [0.717, 1.165) is 13.1 Å². The quantitative estimate of drug-likeness (QED) is 0.469. The van der Waals surface area contributed by atoms with Crippen LogP contribution in [0.15, 0.2) is 0 Å². The second kappa shape index (κ2) is 11.3. The average Bonchev–Trinajstić information content (AvgIpc) is 2.99. The fraction of sp³-hybridized carbons (Fsp3) is 0.682. The molecule has 1 fully saturated rings. The Morgan fingerprint density at radius 1 is 1.19 bits per heavy atom. The van der Waals surface area contributed by atoms with Crippen LogP contribution in [-0.4, -0.2) is 91.2 Å². The highest BCUT2D eigenvalue weighted by Gasteiger charge is 2.28. The van der Waals surface area contributed by atoms with Gasteiger partial charge in [0.15, 0.2) is 5.78 Å². The Balaban J connectivity index is 2.24. The van der Waals surface area contributed by atoms with Crippen molar-refractivity contribution in [1.29, 1.82) is 0 Å². The van der Waals surface area contributed by atoms with Crippen molar-refractivity contribution in [3.05, 3.63) is 22.5 Å². The Morgan fingerprint density at radius 2 is 1.84 bits per heavy atom. The monoisotopic (exact) mass is 436 g/mol. The van der Waals surface area contributed by atoms with Crippen LogP contribution in [0.25, 0.3) is 0 Å². The number of amides is 2. The molecule has 9 heteroatoms. The van der Waals surface area contributed by atoms with E-state index in [1.807, 2.05) is 27.7 Å². The Labute approximate surface area is 184 Å². The number of hydrogen-bond acceptors (Lipinski definition) is 6. The van der Waals surface area contributed by atoms with Crippen LogP contribution in [0.5, 0.6) is 0 Å². The number of ether oxygens (including phenoxy) is 2. The molecule has 2 heterocycles. The second-order valence-electron chi connectivity index (χ2n) is 8.07. The van der Waals surface area contributed by atoms with Crippen LogP contribution in [0.2, 0.25) is 0 Å². The van der Waals surface area contributed by atoms with Gasteiger partial charge in [0.05, 0.1) is 26.9 Å². The number of carbonyl (C=O) groups excluding carboxylic acids is 3. The predicted octanol–water partition coefficient (Wildman–Crippen LogP) is 1.85. The number of urea groups is 1. The van der Waals surface area contributed by atoms with Crippen LogP contribution in [0.3, 0.4) is 0 Å². The molecule has 0 aliphatic carbocycles. The van der Waals surface area contributed by atoms with Crippen molar-refractivity contribution in [2.45, 2.75) is 47.2 Å². The Morgan fingerprint density at radius 3 is 2.39 bits per heavy atom. The number of ketones is 1. The summed E-state index contributed by atoms with van der Waals surface area (Å²) in [6.07, 6.45) is 0. The number of aromatic nitrogens is 1. The van der Waals surface area contributed by atoms with Gasteiger partial charge in [-0.15, -0.1) is 0 Å². The number of esters is 1. The first kappa shape index (κ1) is 24.9. The van der Waals surface area contributed by atoms with Crippen molar-refractivity contribution in [2.24, 2.45) is 0 Å². The molecule has 0 bridgehead atoms. The van der Waals surface area contributed by atoms with Crippen molar-refractivity contribution in [3.8, 4) is 0 Å². The van der Waals surface area contributed by atoms with Gasteiger partial charge in [0.25, 0.3) is 0 Å². The van der Waals surface area contributed by atoms with E-state index in [9.17, 15) is 14.4 Å². The lowest BCUT2D eigenvalue weighted by molar-refractivity contribution is 0.0348. The first-order valence-corrected chi connectivity index (χ1v) is 10.9. The van der Waals surface area contributed by atoms with Gasteiger partial charge in [-0.3, -0.25) is 9.69 Å².